The number of unbranched alkanes of at least 4 members (excludes halogenated alkanes) is 1. The predicted octanol–water partition coefficient (Wildman–Crippen LogP) is 10.7. The number of allylic oxidation sites excluding steroid dienone is 2. The average molecular weight is 655 g/mol. The highest BCUT2D eigenvalue weighted by atomic mass is 19.2. The summed E-state index contributed by atoms with van der Waals surface area (Å²) in [5.74, 6) is -4.36. The van der Waals surface area contributed by atoms with Gasteiger partial charge in [0.25, 0.3) is 0 Å². The van der Waals surface area contributed by atoms with Gasteiger partial charge in [-0.25, -0.2) is 13.2 Å². The van der Waals surface area contributed by atoms with Gasteiger partial charge in [0.05, 0.1) is 13.2 Å². The molecule has 0 bridgehead atoms. The minimum absolute atomic E-state index is 0.0706. The summed E-state index contributed by atoms with van der Waals surface area (Å²) >= 11 is 0. The summed E-state index contributed by atoms with van der Waals surface area (Å²) in [5, 5.41) is 0. The van der Waals surface area contributed by atoms with Crippen molar-refractivity contribution in [2.45, 2.75) is 103 Å². The highest BCUT2D eigenvalue weighted by molar-refractivity contribution is 5.35. The Balaban J connectivity index is 1.18. The highest BCUT2D eigenvalue weighted by Crippen LogP contribution is 2.36. The summed E-state index contributed by atoms with van der Waals surface area (Å²) in [6.07, 6.45) is 11.4. The Labute approximate surface area is 269 Å². The van der Waals surface area contributed by atoms with E-state index in [2.05, 4.69) is 19.1 Å². The maximum atomic E-state index is 15.0. The number of alkyl halides is 2. The molecule has 2 aliphatic rings. The Hall–Kier alpha value is -2.84. The Kier molecular flexibility index (Phi) is 14.0. The Morgan fingerprint density at radius 3 is 1.83 bits per heavy atom. The molecule has 2 saturated carbocycles. The summed E-state index contributed by atoms with van der Waals surface area (Å²) in [7, 11) is 0. The van der Waals surface area contributed by atoms with Crippen molar-refractivity contribution in [2.75, 3.05) is 19.8 Å². The van der Waals surface area contributed by atoms with Crippen molar-refractivity contribution in [3.8, 4) is 17.2 Å². The first-order valence-corrected chi connectivity index (χ1v) is 17.0. The molecule has 0 N–H and O–H groups in total. The number of hydrogen-bond donors (Lipinski definition) is 0. The minimum atomic E-state index is -1.84. The van der Waals surface area contributed by atoms with E-state index < -0.39 is 54.4 Å². The topological polar surface area (TPSA) is 27.7 Å². The van der Waals surface area contributed by atoms with Crippen LogP contribution in [0.25, 0.3) is 0 Å². The lowest BCUT2D eigenvalue weighted by Gasteiger charge is -2.30. The normalized spacial score (nSPS) is 23.3. The van der Waals surface area contributed by atoms with Crippen LogP contribution in [0.2, 0.25) is 0 Å². The zero-order valence-corrected chi connectivity index (χ0v) is 27.0. The lowest BCUT2D eigenvalue weighted by atomic mass is 9.78. The fourth-order valence-electron chi connectivity index (χ4n) is 6.39. The summed E-state index contributed by atoms with van der Waals surface area (Å²) < 4.78 is 103. The van der Waals surface area contributed by atoms with E-state index in [1.54, 1.807) is 0 Å². The minimum Gasteiger partial charge on any atom is -0.490 e. The van der Waals surface area contributed by atoms with Crippen LogP contribution >= 0.6 is 0 Å². The molecule has 0 radical (unpaired) electrons. The highest BCUT2D eigenvalue weighted by Gasteiger charge is 2.27. The molecule has 4 rings (SSSR count). The first-order valence-electron chi connectivity index (χ1n) is 17.0. The van der Waals surface area contributed by atoms with E-state index in [0.29, 0.717) is 18.3 Å². The Bertz CT molecular complexity index is 1250. The molecule has 0 aromatic heterocycles. The van der Waals surface area contributed by atoms with Gasteiger partial charge in [-0.1, -0.05) is 51.3 Å². The number of ether oxygens (including phenoxy) is 3. The summed E-state index contributed by atoms with van der Waals surface area (Å²) in [5.41, 5.74) is -0.264. The zero-order valence-electron chi connectivity index (χ0n) is 27.0. The third-order valence-corrected chi connectivity index (χ3v) is 9.45. The first-order chi connectivity index (χ1) is 22.2. The molecule has 0 saturated heterocycles. The monoisotopic (exact) mass is 654 g/mol. The molecular formula is C37H48F6O3. The van der Waals surface area contributed by atoms with Crippen molar-refractivity contribution in [3.63, 3.8) is 0 Å². The van der Waals surface area contributed by atoms with Crippen LogP contribution in [0.1, 0.15) is 90.0 Å². The number of benzene rings is 2. The van der Waals surface area contributed by atoms with E-state index in [1.165, 1.54) is 43.9 Å². The van der Waals surface area contributed by atoms with Crippen LogP contribution in [-0.2, 0) is 6.42 Å². The van der Waals surface area contributed by atoms with Crippen molar-refractivity contribution in [2.24, 2.45) is 23.7 Å². The van der Waals surface area contributed by atoms with Crippen LogP contribution in [0.3, 0.4) is 0 Å². The second-order valence-corrected chi connectivity index (χ2v) is 13.1. The van der Waals surface area contributed by atoms with Gasteiger partial charge in [0.1, 0.15) is 19.0 Å². The smallest absolute Gasteiger partial charge is 0.204 e. The fourth-order valence-corrected chi connectivity index (χ4v) is 6.39. The van der Waals surface area contributed by atoms with Gasteiger partial charge in [-0.15, -0.1) is 0 Å². The third-order valence-electron chi connectivity index (χ3n) is 9.45. The SMILES string of the molecule is CCCCOc1ccc(OCC(F)Cc2ccc(OCCC(F)C3CCC(/C=C/C4CCC(C)CC4)CC3)c(F)c2F)c(F)c1F. The number of halogens is 6. The molecule has 2 aromatic rings. The van der Waals surface area contributed by atoms with Gasteiger partial charge in [-0.2, -0.15) is 13.2 Å². The van der Waals surface area contributed by atoms with Crippen molar-refractivity contribution >= 4 is 0 Å². The van der Waals surface area contributed by atoms with Crippen LogP contribution in [0.4, 0.5) is 26.3 Å². The molecule has 256 valence electrons. The molecule has 3 nitrogen and oxygen atoms in total. The predicted molar refractivity (Wildman–Crippen MR) is 168 cm³/mol. The van der Waals surface area contributed by atoms with E-state index in [9.17, 15) is 26.3 Å². The molecule has 2 atom stereocenters. The molecular weight excluding hydrogens is 606 g/mol. The van der Waals surface area contributed by atoms with Gasteiger partial charge in [-0.05, 0) is 92.4 Å². The lowest BCUT2D eigenvalue weighted by molar-refractivity contribution is 0.135. The Morgan fingerprint density at radius 1 is 0.696 bits per heavy atom. The van der Waals surface area contributed by atoms with E-state index in [-0.39, 0.29) is 42.6 Å². The van der Waals surface area contributed by atoms with E-state index in [0.717, 1.165) is 44.1 Å². The molecule has 0 amide bonds. The maximum Gasteiger partial charge on any atom is 0.204 e. The second-order valence-electron chi connectivity index (χ2n) is 13.1. The number of hydrogen-bond acceptors (Lipinski definition) is 3. The molecule has 0 spiro atoms. The first kappa shape index (κ1) is 36.0. The van der Waals surface area contributed by atoms with E-state index in [1.807, 2.05) is 6.92 Å². The van der Waals surface area contributed by atoms with Crippen LogP contribution < -0.4 is 14.2 Å². The van der Waals surface area contributed by atoms with Gasteiger partial charge in [0.15, 0.2) is 23.1 Å². The molecule has 2 unspecified atom stereocenters. The molecule has 46 heavy (non-hydrogen) atoms. The second kappa shape index (κ2) is 17.9. The van der Waals surface area contributed by atoms with Crippen molar-refractivity contribution < 1.29 is 40.6 Å². The summed E-state index contributed by atoms with van der Waals surface area (Å²) in [6, 6.07) is 4.70. The van der Waals surface area contributed by atoms with Crippen molar-refractivity contribution in [3.05, 3.63) is 65.2 Å². The summed E-state index contributed by atoms with van der Waals surface area (Å²) in [4.78, 5) is 0. The van der Waals surface area contributed by atoms with Crippen LogP contribution in [0.5, 0.6) is 17.2 Å². The average Bonchev–Trinajstić information content (AvgIpc) is 3.06. The zero-order chi connectivity index (χ0) is 33.1. The third kappa shape index (κ3) is 10.3. The molecule has 0 aliphatic heterocycles. The van der Waals surface area contributed by atoms with E-state index >= 15 is 0 Å². The van der Waals surface area contributed by atoms with Gasteiger partial charge in [0.2, 0.25) is 17.5 Å². The fraction of sp³-hybridized carbons (Fsp3) is 0.622. The van der Waals surface area contributed by atoms with Gasteiger partial charge >= 0.3 is 0 Å². The van der Waals surface area contributed by atoms with Gasteiger partial charge < -0.3 is 14.2 Å². The standard InChI is InChI=1S/C37H48F6O3/c1-3-4-20-44-32-17-18-33(37(43)36(32)42)46-23-29(38)22-28-15-16-31(35(41)34(28)40)45-21-19-30(39)27-13-11-26(12-14-27)10-9-25-7-5-24(2)6-8-25/h9-10,15-18,24-27,29-30H,3-8,11-14,19-23H2,1-2H3/b10-9+. The quantitative estimate of drug-likeness (QED) is 0.102. The van der Waals surface area contributed by atoms with Gasteiger partial charge in [-0.3, -0.25) is 0 Å². The van der Waals surface area contributed by atoms with Crippen LogP contribution in [-0.4, -0.2) is 32.2 Å². The number of rotatable bonds is 16. The Morgan fingerprint density at radius 2 is 1.22 bits per heavy atom. The summed E-state index contributed by atoms with van der Waals surface area (Å²) in [6.45, 7) is 3.65. The van der Waals surface area contributed by atoms with Gasteiger partial charge in [0, 0.05) is 12.8 Å². The molecule has 2 aliphatic carbocycles. The molecule has 2 aromatic carbocycles. The van der Waals surface area contributed by atoms with Crippen molar-refractivity contribution in [1.82, 2.24) is 0 Å². The van der Waals surface area contributed by atoms with Crippen molar-refractivity contribution in [1.29, 1.82) is 0 Å². The largest absolute Gasteiger partial charge is 0.490 e. The molecule has 2 fully saturated rings. The maximum absolute atomic E-state index is 15.0. The van der Waals surface area contributed by atoms with E-state index in [4.69, 9.17) is 14.2 Å². The molecule has 9 heteroatoms. The van der Waals surface area contributed by atoms with Crippen LogP contribution in [0.15, 0.2) is 36.4 Å². The molecule has 0 heterocycles. The van der Waals surface area contributed by atoms with Crippen LogP contribution in [0, 0.1) is 46.9 Å². The lowest BCUT2D eigenvalue weighted by Crippen LogP contribution is -2.24.